The number of nitrogens with zero attached hydrogens (tertiary/aromatic N) is 1. The molecule has 0 saturated carbocycles. The van der Waals surface area contributed by atoms with Crippen LogP contribution in [0.3, 0.4) is 0 Å². The van der Waals surface area contributed by atoms with Gasteiger partial charge in [-0.25, -0.2) is 0 Å². The number of nitrogens with one attached hydrogen (secondary N) is 1. The van der Waals surface area contributed by atoms with Crippen molar-refractivity contribution in [3.8, 4) is 0 Å². The molecular formula is C9H12N2O3. The van der Waals surface area contributed by atoms with Gasteiger partial charge in [0.25, 0.3) is 5.69 Å². The molecule has 1 unspecified atom stereocenters. The molecule has 0 bridgehead atoms. The number of aliphatic hydroxyl groups is 1. The van der Waals surface area contributed by atoms with E-state index in [0.29, 0.717) is 11.3 Å². The predicted molar refractivity (Wildman–Crippen MR) is 53.1 cm³/mol. The molecule has 1 atom stereocenters. The second-order valence-electron chi connectivity index (χ2n) is 3.05. The van der Waals surface area contributed by atoms with Crippen LogP contribution in [0.15, 0.2) is 18.2 Å². The molecule has 1 rings (SSSR count). The highest BCUT2D eigenvalue weighted by Gasteiger charge is 2.16. The maximum atomic E-state index is 10.7. The van der Waals surface area contributed by atoms with Crippen molar-refractivity contribution in [3.05, 3.63) is 33.9 Å². The lowest BCUT2D eigenvalue weighted by atomic mass is 10.1. The first-order chi connectivity index (χ1) is 6.52. The minimum Gasteiger partial charge on any atom is -0.374 e. The first-order valence-corrected chi connectivity index (χ1v) is 4.21. The van der Waals surface area contributed by atoms with E-state index in [1.807, 2.05) is 0 Å². The second-order valence-corrected chi connectivity index (χ2v) is 3.05. The summed E-state index contributed by atoms with van der Waals surface area (Å²) < 4.78 is 0. The lowest BCUT2D eigenvalue weighted by Gasteiger charge is -2.10. The average Bonchev–Trinajstić information content (AvgIpc) is 2.01. The van der Waals surface area contributed by atoms with Gasteiger partial charge in [-0.05, 0) is 19.9 Å². The molecule has 1 aromatic carbocycles. The number of hydrogen-bond acceptors (Lipinski definition) is 4. The summed E-state index contributed by atoms with van der Waals surface area (Å²) >= 11 is 0. The van der Waals surface area contributed by atoms with Crippen molar-refractivity contribution >= 4 is 11.4 Å². The van der Waals surface area contributed by atoms with Crippen LogP contribution in [0.2, 0.25) is 0 Å². The number of nitro groups is 1. The zero-order chi connectivity index (χ0) is 10.7. The summed E-state index contributed by atoms with van der Waals surface area (Å²) in [4.78, 5) is 10.2. The fourth-order valence-corrected chi connectivity index (χ4v) is 1.24. The predicted octanol–water partition coefficient (Wildman–Crippen LogP) is 1.65. The number of aliphatic hydroxyl groups excluding tert-OH is 1. The van der Waals surface area contributed by atoms with Gasteiger partial charge in [0, 0.05) is 5.56 Å². The Hall–Kier alpha value is -1.62. The minimum atomic E-state index is -0.810. The summed E-state index contributed by atoms with van der Waals surface area (Å²) in [5.74, 6) is 0. The number of para-hydroxylation sites is 1. The van der Waals surface area contributed by atoms with Crippen LogP contribution in [0.4, 0.5) is 11.4 Å². The van der Waals surface area contributed by atoms with Crippen LogP contribution in [0.25, 0.3) is 0 Å². The standard InChI is InChI=1S/C9H12N2O3/c1-6-4-3-5-8(10-7(2)12)9(6)11(13)14/h3-5,7,10,12H,1-2H3. The van der Waals surface area contributed by atoms with Gasteiger partial charge in [-0.3, -0.25) is 10.1 Å². The maximum absolute atomic E-state index is 10.7. The molecule has 0 amide bonds. The molecule has 5 heteroatoms. The molecular weight excluding hydrogens is 184 g/mol. The SMILES string of the molecule is Cc1cccc(NC(C)O)c1[N+](=O)[O-]. The Labute approximate surface area is 81.5 Å². The van der Waals surface area contributed by atoms with Gasteiger partial charge in [0.2, 0.25) is 0 Å². The highest BCUT2D eigenvalue weighted by Crippen LogP contribution is 2.27. The van der Waals surface area contributed by atoms with Crippen LogP contribution in [0.1, 0.15) is 12.5 Å². The number of benzene rings is 1. The minimum absolute atomic E-state index is 0.00778. The van der Waals surface area contributed by atoms with Gasteiger partial charge in [-0.2, -0.15) is 0 Å². The van der Waals surface area contributed by atoms with Gasteiger partial charge in [-0.1, -0.05) is 12.1 Å². The average molecular weight is 196 g/mol. The molecule has 0 aliphatic carbocycles. The first-order valence-electron chi connectivity index (χ1n) is 4.21. The van der Waals surface area contributed by atoms with Gasteiger partial charge in [0.1, 0.15) is 11.9 Å². The van der Waals surface area contributed by atoms with Gasteiger partial charge < -0.3 is 10.4 Å². The Bertz CT molecular complexity index is 350. The smallest absolute Gasteiger partial charge is 0.295 e. The Kier molecular flexibility index (Phi) is 3.03. The normalized spacial score (nSPS) is 12.2. The molecule has 0 radical (unpaired) electrons. The van der Waals surface area contributed by atoms with E-state index >= 15 is 0 Å². The maximum Gasteiger partial charge on any atom is 0.295 e. The van der Waals surface area contributed by atoms with E-state index in [1.54, 1.807) is 25.1 Å². The van der Waals surface area contributed by atoms with Gasteiger partial charge in [0.15, 0.2) is 0 Å². The summed E-state index contributed by atoms with van der Waals surface area (Å²) in [6.45, 7) is 3.16. The molecule has 14 heavy (non-hydrogen) atoms. The zero-order valence-electron chi connectivity index (χ0n) is 8.02. The summed E-state index contributed by atoms with van der Waals surface area (Å²) in [6.07, 6.45) is -0.810. The molecule has 0 saturated heterocycles. The van der Waals surface area contributed by atoms with E-state index in [9.17, 15) is 10.1 Å². The van der Waals surface area contributed by atoms with E-state index in [4.69, 9.17) is 5.11 Å². The zero-order valence-corrected chi connectivity index (χ0v) is 8.02. The molecule has 2 N–H and O–H groups in total. The lowest BCUT2D eigenvalue weighted by molar-refractivity contribution is -0.384. The van der Waals surface area contributed by atoms with Crippen LogP contribution in [0, 0.1) is 17.0 Å². The van der Waals surface area contributed by atoms with Crippen LogP contribution in [-0.2, 0) is 0 Å². The Balaban J connectivity index is 3.14. The van der Waals surface area contributed by atoms with Crippen LogP contribution in [0.5, 0.6) is 0 Å². The third kappa shape index (κ3) is 2.20. The van der Waals surface area contributed by atoms with Crippen LogP contribution < -0.4 is 5.32 Å². The van der Waals surface area contributed by atoms with Crippen LogP contribution >= 0.6 is 0 Å². The third-order valence-corrected chi connectivity index (χ3v) is 1.78. The summed E-state index contributed by atoms with van der Waals surface area (Å²) in [6, 6.07) is 4.93. The van der Waals surface area contributed by atoms with Crippen molar-refractivity contribution < 1.29 is 10.0 Å². The summed E-state index contributed by atoms with van der Waals surface area (Å²) in [5, 5.41) is 22.4. The Morgan fingerprint density at radius 1 is 1.57 bits per heavy atom. The Morgan fingerprint density at radius 2 is 2.21 bits per heavy atom. The first kappa shape index (κ1) is 10.5. The van der Waals surface area contributed by atoms with E-state index in [2.05, 4.69) is 5.32 Å². The largest absolute Gasteiger partial charge is 0.374 e. The van der Waals surface area contributed by atoms with E-state index in [1.165, 1.54) is 6.92 Å². The quantitative estimate of drug-likeness (QED) is 0.438. The second kappa shape index (κ2) is 4.06. The summed E-state index contributed by atoms with van der Waals surface area (Å²) in [5.41, 5.74) is 0.916. The number of aryl methyl sites for hydroxylation is 1. The molecule has 0 aromatic heterocycles. The van der Waals surface area contributed by atoms with Crippen molar-refractivity contribution in [2.75, 3.05) is 5.32 Å². The van der Waals surface area contributed by atoms with Crippen LogP contribution in [-0.4, -0.2) is 16.3 Å². The van der Waals surface area contributed by atoms with Crippen molar-refractivity contribution in [3.63, 3.8) is 0 Å². The Morgan fingerprint density at radius 3 is 2.71 bits per heavy atom. The number of rotatable bonds is 3. The molecule has 76 valence electrons. The molecule has 1 aromatic rings. The van der Waals surface area contributed by atoms with Gasteiger partial charge in [0.05, 0.1) is 4.92 Å². The van der Waals surface area contributed by atoms with E-state index in [0.717, 1.165) is 0 Å². The van der Waals surface area contributed by atoms with Crippen molar-refractivity contribution in [2.45, 2.75) is 20.1 Å². The van der Waals surface area contributed by atoms with Gasteiger partial charge >= 0.3 is 0 Å². The molecule has 5 nitrogen and oxygen atoms in total. The molecule has 0 aliphatic rings. The van der Waals surface area contributed by atoms with E-state index in [-0.39, 0.29) is 5.69 Å². The van der Waals surface area contributed by atoms with Crippen molar-refractivity contribution in [1.29, 1.82) is 0 Å². The lowest BCUT2D eigenvalue weighted by Crippen LogP contribution is -2.14. The number of hydrogen-bond donors (Lipinski definition) is 2. The molecule has 0 fully saturated rings. The fraction of sp³-hybridized carbons (Fsp3) is 0.333. The van der Waals surface area contributed by atoms with Crippen molar-refractivity contribution in [2.24, 2.45) is 0 Å². The highest BCUT2D eigenvalue weighted by molar-refractivity contribution is 5.65. The third-order valence-electron chi connectivity index (χ3n) is 1.78. The fourth-order valence-electron chi connectivity index (χ4n) is 1.24. The highest BCUT2D eigenvalue weighted by atomic mass is 16.6. The monoisotopic (exact) mass is 196 g/mol. The molecule has 0 heterocycles. The number of nitro benzene ring substituents is 1. The van der Waals surface area contributed by atoms with Crippen molar-refractivity contribution in [1.82, 2.24) is 0 Å². The van der Waals surface area contributed by atoms with Gasteiger partial charge in [-0.15, -0.1) is 0 Å². The topological polar surface area (TPSA) is 75.4 Å². The molecule has 0 aliphatic heterocycles. The summed E-state index contributed by atoms with van der Waals surface area (Å²) in [7, 11) is 0. The van der Waals surface area contributed by atoms with E-state index < -0.39 is 11.2 Å². The number of anilines is 1. The molecule has 0 spiro atoms.